The number of nitrogens with zero attached hydrogens (tertiary/aromatic N) is 3. The smallest absolute Gasteiger partial charge is 0.336 e. The molecule has 8 rings (SSSR count). The van der Waals surface area contributed by atoms with E-state index in [0.29, 0.717) is 35.3 Å². The predicted molar refractivity (Wildman–Crippen MR) is 182 cm³/mol. The molecule has 5 aromatic rings. The van der Waals surface area contributed by atoms with Crippen LogP contribution in [0.25, 0.3) is 0 Å². The lowest BCUT2D eigenvalue weighted by Gasteiger charge is -2.45. The highest BCUT2D eigenvalue weighted by Crippen LogP contribution is 2.48. The first-order chi connectivity index (χ1) is 23.3. The Morgan fingerprint density at radius 1 is 0.938 bits per heavy atom. The Morgan fingerprint density at radius 3 is 2.15 bits per heavy atom. The van der Waals surface area contributed by atoms with Gasteiger partial charge >= 0.3 is 6.03 Å². The molecule has 3 atom stereocenters. The Balaban J connectivity index is 1.42. The third-order valence-electron chi connectivity index (χ3n) is 9.82. The molecule has 2 heterocycles. The number of halogens is 1. The molecule has 4 aromatic carbocycles. The molecule has 8 nitrogen and oxygen atoms in total. The Hall–Kier alpha value is -4.96. The number of aromatic nitrogens is 2. The lowest BCUT2D eigenvalue weighted by molar-refractivity contribution is 0.217. The number of hydrogen-bond donors (Lipinski definition) is 2. The minimum atomic E-state index is -4.23. The summed E-state index contributed by atoms with van der Waals surface area (Å²) in [7, 11) is -4.23. The number of rotatable bonds is 7. The first kappa shape index (κ1) is 30.4. The van der Waals surface area contributed by atoms with Gasteiger partial charge in [-0.25, -0.2) is 27.2 Å². The van der Waals surface area contributed by atoms with Crippen LogP contribution in [0.1, 0.15) is 52.3 Å². The number of anilines is 1. The third kappa shape index (κ3) is 4.72. The molecule has 0 bridgehead atoms. The molecule has 3 aliphatic rings. The van der Waals surface area contributed by atoms with Crippen molar-refractivity contribution in [2.24, 2.45) is 0 Å². The quantitative estimate of drug-likeness (QED) is 0.177. The standard InChI is InChI=1S/C38H36FN5O3S/c1-25-24-43-36(47-25)34(23-41-43)48(40,46)44(37(45)42-35-32-19-11-12-26(32)20-27-21-31(39)22-33(27)35)38(28-13-5-2-6-14-28,29-15-7-3-8-16-29)30-17-9-4-10-18-30/h2-10,13-18,20,23,25,31,40H,11-12,19,21-22,24H2,1H3,(H,42,45)/t25-,31+,48-/m1/s1. The molecular formula is C38H36FN5O3S. The molecule has 2 amide bonds. The van der Waals surface area contributed by atoms with Gasteiger partial charge in [0.2, 0.25) is 5.88 Å². The minimum absolute atomic E-state index is 0.0153. The molecule has 1 aromatic heterocycles. The van der Waals surface area contributed by atoms with Gasteiger partial charge in [-0.05, 0) is 65.1 Å². The molecule has 0 spiro atoms. The third-order valence-corrected chi connectivity index (χ3v) is 11.7. The summed E-state index contributed by atoms with van der Waals surface area (Å²) < 4.78 is 49.4. The Bertz CT molecular complexity index is 2020. The van der Waals surface area contributed by atoms with Gasteiger partial charge in [-0.15, -0.1) is 0 Å². The van der Waals surface area contributed by atoms with E-state index in [2.05, 4.69) is 16.5 Å². The normalized spacial score (nSPS) is 19.1. The Kier molecular flexibility index (Phi) is 7.36. The van der Waals surface area contributed by atoms with Crippen molar-refractivity contribution >= 4 is 21.6 Å². The van der Waals surface area contributed by atoms with E-state index < -0.39 is 27.7 Å². The first-order valence-corrected chi connectivity index (χ1v) is 17.9. The molecule has 48 heavy (non-hydrogen) atoms. The maximum atomic E-state index is 15.7. The van der Waals surface area contributed by atoms with Crippen molar-refractivity contribution in [2.45, 2.75) is 68.3 Å². The van der Waals surface area contributed by atoms with Gasteiger partial charge in [0.25, 0.3) is 0 Å². The van der Waals surface area contributed by atoms with Crippen molar-refractivity contribution in [1.82, 2.24) is 14.1 Å². The van der Waals surface area contributed by atoms with E-state index in [-0.39, 0.29) is 23.3 Å². The number of urea groups is 1. The van der Waals surface area contributed by atoms with Gasteiger partial charge in [0.1, 0.15) is 22.7 Å². The highest BCUT2D eigenvalue weighted by Gasteiger charge is 2.51. The molecule has 1 aliphatic heterocycles. The maximum absolute atomic E-state index is 15.7. The lowest BCUT2D eigenvalue weighted by Crippen LogP contribution is -2.55. The topological polar surface area (TPSA) is 100 Å². The zero-order valence-electron chi connectivity index (χ0n) is 26.6. The molecule has 0 fully saturated rings. The van der Waals surface area contributed by atoms with Crippen LogP contribution in [0.2, 0.25) is 0 Å². The fraction of sp³-hybridized carbons (Fsp3) is 0.263. The second-order valence-electron chi connectivity index (χ2n) is 12.9. The number of benzene rings is 4. The summed E-state index contributed by atoms with van der Waals surface area (Å²) >= 11 is 0. The molecule has 244 valence electrons. The van der Waals surface area contributed by atoms with Crippen molar-refractivity contribution in [3.05, 3.63) is 142 Å². The number of fused-ring (bicyclic) bond motifs is 3. The van der Waals surface area contributed by atoms with E-state index in [4.69, 9.17) is 4.74 Å². The highest BCUT2D eigenvalue weighted by molar-refractivity contribution is 7.90. The summed E-state index contributed by atoms with van der Waals surface area (Å²) in [6.45, 7) is 2.32. The van der Waals surface area contributed by atoms with E-state index in [1.807, 2.05) is 97.9 Å². The monoisotopic (exact) mass is 661 g/mol. The van der Waals surface area contributed by atoms with Crippen molar-refractivity contribution in [1.29, 1.82) is 4.78 Å². The number of amides is 2. The van der Waals surface area contributed by atoms with Gasteiger partial charge in [0, 0.05) is 18.5 Å². The molecular weight excluding hydrogens is 626 g/mol. The average Bonchev–Trinajstić information content (AvgIpc) is 3.88. The predicted octanol–water partition coefficient (Wildman–Crippen LogP) is 7.44. The van der Waals surface area contributed by atoms with Crippen LogP contribution in [-0.4, -0.2) is 36.6 Å². The van der Waals surface area contributed by atoms with Gasteiger partial charge in [-0.2, -0.15) is 5.10 Å². The minimum Gasteiger partial charge on any atom is -0.472 e. The number of ether oxygens (including phenoxy) is 1. The summed E-state index contributed by atoms with van der Waals surface area (Å²) in [5.41, 5.74) is 4.72. The number of aryl methyl sites for hydroxylation is 1. The van der Waals surface area contributed by atoms with Crippen LogP contribution in [-0.2, 0) is 47.7 Å². The zero-order chi connectivity index (χ0) is 33.0. The van der Waals surface area contributed by atoms with E-state index >= 15 is 9.00 Å². The number of alkyl halides is 1. The molecule has 2 aliphatic carbocycles. The highest BCUT2D eigenvalue weighted by atomic mass is 32.2. The van der Waals surface area contributed by atoms with Crippen LogP contribution < -0.4 is 10.1 Å². The summed E-state index contributed by atoms with van der Waals surface area (Å²) in [6.07, 6.45) is 3.11. The summed E-state index contributed by atoms with van der Waals surface area (Å²) in [6, 6.07) is 29.6. The fourth-order valence-electron chi connectivity index (χ4n) is 7.83. The van der Waals surface area contributed by atoms with Crippen LogP contribution in [0.15, 0.2) is 108 Å². The van der Waals surface area contributed by atoms with Gasteiger partial charge in [0.15, 0.2) is 9.92 Å². The second kappa shape index (κ2) is 11.6. The number of carbonyl (C=O) groups is 1. The van der Waals surface area contributed by atoms with Crippen molar-refractivity contribution in [3.8, 4) is 5.88 Å². The summed E-state index contributed by atoms with van der Waals surface area (Å²) in [5.74, 6) is 0.213. The number of carbonyl (C=O) groups excluding carboxylic acids is 1. The van der Waals surface area contributed by atoms with E-state index in [9.17, 15) is 9.17 Å². The second-order valence-corrected chi connectivity index (χ2v) is 14.7. The van der Waals surface area contributed by atoms with Gasteiger partial charge in [-0.3, -0.25) is 0 Å². The van der Waals surface area contributed by atoms with Crippen LogP contribution in [0, 0.1) is 4.78 Å². The van der Waals surface area contributed by atoms with Crippen molar-refractivity contribution in [3.63, 3.8) is 0 Å². The lowest BCUT2D eigenvalue weighted by atomic mass is 9.77. The number of nitrogens with one attached hydrogen (secondary N) is 2. The largest absolute Gasteiger partial charge is 0.472 e. The van der Waals surface area contributed by atoms with Crippen LogP contribution in [0.5, 0.6) is 5.88 Å². The van der Waals surface area contributed by atoms with Crippen LogP contribution in [0.4, 0.5) is 14.9 Å². The fourth-order valence-corrected chi connectivity index (χ4v) is 9.58. The molecule has 0 saturated carbocycles. The van der Waals surface area contributed by atoms with E-state index in [1.54, 1.807) is 4.68 Å². The molecule has 0 radical (unpaired) electrons. The SMILES string of the molecule is C[C@@H]1Cn2ncc([S@](=N)(=O)N(C(=O)Nc3c4c(cc5c3C[C@@H](F)C5)CCC4)C(c3ccccc3)(c3ccccc3)c3ccccc3)c2O1. The van der Waals surface area contributed by atoms with E-state index in [0.717, 1.165) is 41.5 Å². The first-order valence-electron chi connectivity index (χ1n) is 16.4. The van der Waals surface area contributed by atoms with Crippen LogP contribution in [0.3, 0.4) is 0 Å². The molecule has 0 unspecified atom stereocenters. The molecule has 2 N–H and O–H groups in total. The van der Waals surface area contributed by atoms with Gasteiger partial charge < -0.3 is 10.1 Å². The Labute approximate surface area is 279 Å². The zero-order valence-corrected chi connectivity index (χ0v) is 27.4. The molecule has 10 heteroatoms. The average molecular weight is 662 g/mol. The maximum Gasteiger partial charge on any atom is 0.336 e. The molecule has 0 saturated heterocycles. The van der Waals surface area contributed by atoms with Crippen LogP contribution >= 0.6 is 0 Å². The van der Waals surface area contributed by atoms with Crippen molar-refractivity contribution < 1.29 is 18.1 Å². The van der Waals surface area contributed by atoms with Crippen molar-refractivity contribution in [2.75, 3.05) is 5.32 Å². The van der Waals surface area contributed by atoms with Gasteiger partial charge in [-0.1, -0.05) is 97.1 Å². The number of hydrogen-bond acceptors (Lipinski definition) is 5. The van der Waals surface area contributed by atoms with E-state index in [1.165, 1.54) is 10.5 Å². The Morgan fingerprint density at radius 2 is 1.54 bits per heavy atom. The summed E-state index contributed by atoms with van der Waals surface area (Å²) in [4.78, 5) is 15.4. The summed E-state index contributed by atoms with van der Waals surface area (Å²) in [5, 5.41) is 7.61. The van der Waals surface area contributed by atoms with Gasteiger partial charge in [0.05, 0.1) is 12.7 Å².